The van der Waals surface area contributed by atoms with Crippen LogP contribution in [0.25, 0.3) is 0 Å². The standard InChI is InChI=1S/C14H26N2O5/c1-5-8-15(10-13(19)21-7-3)14(20)16(9-12(17)18)11(4)6-2/h11H,5-10H2,1-4H3,(H,17,18). The van der Waals surface area contributed by atoms with Crippen LogP contribution in [0, 0.1) is 0 Å². The van der Waals surface area contributed by atoms with Crippen molar-refractivity contribution < 1.29 is 24.2 Å². The van der Waals surface area contributed by atoms with E-state index in [9.17, 15) is 14.4 Å². The summed E-state index contributed by atoms with van der Waals surface area (Å²) in [5.41, 5.74) is 0. The number of amides is 2. The van der Waals surface area contributed by atoms with Crippen molar-refractivity contribution in [1.82, 2.24) is 9.80 Å². The third kappa shape index (κ3) is 6.97. The number of rotatable bonds is 9. The van der Waals surface area contributed by atoms with Gasteiger partial charge in [-0.05, 0) is 26.7 Å². The molecule has 0 aromatic rings. The monoisotopic (exact) mass is 302 g/mol. The third-order valence-corrected chi connectivity index (χ3v) is 3.06. The van der Waals surface area contributed by atoms with Crippen LogP contribution in [-0.2, 0) is 14.3 Å². The number of esters is 1. The van der Waals surface area contributed by atoms with Crippen molar-refractivity contribution in [2.75, 3.05) is 26.2 Å². The summed E-state index contributed by atoms with van der Waals surface area (Å²) in [6, 6.07) is -0.656. The van der Waals surface area contributed by atoms with Crippen LogP contribution in [-0.4, -0.2) is 65.2 Å². The molecule has 0 aliphatic rings. The van der Waals surface area contributed by atoms with Gasteiger partial charge in [-0.2, -0.15) is 0 Å². The fourth-order valence-electron chi connectivity index (χ4n) is 1.83. The molecule has 0 spiro atoms. The molecule has 0 saturated carbocycles. The Bertz CT molecular complexity index is 359. The SMILES string of the molecule is CCCN(CC(=O)OCC)C(=O)N(CC(=O)O)C(C)CC. The first-order chi connectivity index (χ1) is 9.87. The number of carboxylic acid groups (broad SMARTS) is 1. The number of carbonyl (C=O) groups excluding carboxylic acids is 2. The van der Waals surface area contributed by atoms with E-state index in [0.29, 0.717) is 19.4 Å². The van der Waals surface area contributed by atoms with Crippen molar-refractivity contribution in [1.29, 1.82) is 0 Å². The predicted octanol–water partition coefficient (Wildman–Crippen LogP) is 1.57. The molecule has 7 nitrogen and oxygen atoms in total. The summed E-state index contributed by atoms with van der Waals surface area (Å²) in [6.07, 6.45) is 1.31. The lowest BCUT2D eigenvalue weighted by Crippen LogP contribution is -2.50. The molecule has 0 aromatic carbocycles. The van der Waals surface area contributed by atoms with E-state index in [1.165, 1.54) is 9.80 Å². The molecule has 1 unspecified atom stereocenters. The van der Waals surface area contributed by atoms with Crippen molar-refractivity contribution in [3.8, 4) is 0 Å². The molecule has 21 heavy (non-hydrogen) atoms. The van der Waals surface area contributed by atoms with Crippen LogP contribution in [0.15, 0.2) is 0 Å². The fraction of sp³-hybridized carbons (Fsp3) is 0.786. The molecule has 0 fully saturated rings. The number of carboxylic acids is 1. The summed E-state index contributed by atoms with van der Waals surface area (Å²) < 4.78 is 4.85. The zero-order valence-corrected chi connectivity index (χ0v) is 13.3. The fourth-order valence-corrected chi connectivity index (χ4v) is 1.83. The molecular weight excluding hydrogens is 276 g/mol. The molecule has 0 aliphatic carbocycles. The van der Waals surface area contributed by atoms with Gasteiger partial charge in [0.2, 0.25) is 0 Å². The summed E-state index contributed by atoms with van der Waals surface area (Å²) in [5, 5.41) is 8.95. The van der Waals surface area contributed by atoms with Crippen LogP contribution >= 0.6 is 0 Å². The van der Waals surface area contributed by atoms with Crippen molar-refractivity contribution in [3.05, 3.63) is 0 Å². The average molecular weight is 302 g/mol. The zero-order chi connectivity index (χ0) is 16.4. The Morgan fingerprint density at radius 2 is 1.76 bits per heavy atom. The van der Waals surface area contributed by atoms with Crippen LogP contribution in [0.5, 0.6) is 0 Å². The minimum absolute atomic E-state index is 0.160. The van der Waals surface area contributed by atoms with Crippen molar-refractivity contribution in [2.45, 2.75) is 46.6 Å². The van der Waals surface area contributed by atoms with Crippen LogP contribution < -0.4 is 0 Å². The van der Waals surface area contributed by atoms with E-state index in [2.05, 4.69) is 0 Å². The lowest BCUT2D eigenvalue weighted by Gasteiger charge is -2.32. The van der Waals surface area contributed by atoms with E-state index in [4.69, 9.17) is 9.84 Å². The summed E-state index contributed by atoms with van der Waals surface area (Å²) in [7, 11) is 0. The Hall–Kier alpha value is -1.79. The molecule has 7 heteroatoms. The summed E-state index contributed by atoms with van der Waals surface area (Å²) in [6.45, 7) is 7.33. The van der Waals surface area contributed by atoms with E-state index in [1.807, 2.05) is 13.8 Å². The largest absolute Gasteiger partial charge is 0.480 e. The second-order valence-electron chi connectivity index (χ2n) is 4.79. The van der Waals surface area contributed by atoms with Crippen molar-refractivity contribution >= 4 is 18.0 Å². The van der Waals surface area contributed by atoms with Crippen molar-refractivity contribution in [2.24, 2.45) is 0 Å². The van der Waals surface area contributed by atoms with Gasteiger partial charge in [-0.3, -0.25) is 9.59 Å². The Morgan fingerprint density at radius 3 is 2.19 bits per heavy atom. The Morgan fingerprint density at radius 1 is 1.14 bits per heavy atom. The quantitative estimate of drug-likeness (QED) is 0.653. The highest BCUT2D eigenvalue weighted by Crippen LogP contribution is 2.09. The van der Waals surface area contributed by atoms with Crippen LogP contribution in [0.2, 0.25) is 0 Å². The summed E-state index contributed by atoms with van der Waals surface area (Å²) >= 11 is 0. The predicted molar refractivity (Wildman–Crippen MR) is 78.0 cm³/mol. The number of urea groups is 1. The maximum Gasteiger partial charge on any atom is 0.325 e. The number of aliphatic carboxylic acids is 1. The van der Waals surface area contributed by atoms with Crippen LogP contribution in [0.4, 0.5) is 4.79 Å². The van der Waals surface area contributed by atoms with E-state index < -0.39 is 18.0 Å². The Balaban J connectivity index is 5.01. The molecule has 0 bridgehead atoms. The molecule has 0 aliphatic heterocycles. The first-order valence-corrected chi connectivity index (χ1v) is 7.30. The van der Waals surface area contributed by atoms with Gasteiger partial charge in [-0.25, -0.2) is 4.79 Å². The van der Waals surface area contributed by atoms with E-state index >= 15 is 0 Å². The molecule has 2 amide bonds. The molecule has 0 aromatic heterocycles. The lowest BCUT2D eigenvalue weighted by atomic mass is 10.2. The minimum atomic E-state index is -1.07. The molecule has 0 radical (unpaired) electrons. The normalized spacial score (nSPS) is 11.6. The second kappa shape index (κ2) is 10.0. The first-order valence-electron chi connectivity index (χ1n) is 7.30. The highest BCUT2D eigenvalue weighted by molar-refractivity contribution is 5.84. The molecule has 0 saturated heterocycles. The molecule has 1 N–H and O–H groups in total. The second-order valence-corrected chi connectivity index (χ2v) is 4.79. The van der Waals surface area contributed by atoms with Crippen LogP contribution in [0.1, 0.15) is 40.5 Å². The van der Waals surface area contributed by atoms with Crippen LogP contribution in [0.3, 0.4) is 0 Å². The molecule has 122 valence electrons. The number of nitrogens with zero attached hydrogens (tertiary/aromatic N) is 2. The average Bonchev–Trinajstić information content (AvgIpc) is 2.42. The van der Waals surface area contributed by atoms with Gasteiger partial charge >= 0.3 is 18.0 Å². The highest BCUT2D eigenvalue weighted by atomic mass is 16.5. The van der Waals surface area contributed by atoms with Gasteiger partial charge in [0.05, 0.1) is 6.61 Å². The van der Waals surface area contributed by atoms with E-state index in [0.717, 1.165) is 0 Å². The van der Waals surface area contributed by atoms with E-state index in [1.54, 1.807) is 13.8 Å². The van der Waals surface area contributed by atoms with Gasteiger partial charge in [-0.15, -0.1) is 0 Å². The van der Waals surface area contributed by atoms with Gasteiger partial charge in [0.25, 0.3) is 0 Å². The molecular formula is C14H26N2O5. The lowest BCUT2D eigenvalue weighted by molar-refractivity contribution is -0.143. The zero-order valence-electron chi connectivity index (χ0n) is 13.3. The maximum atomic E-state index is 12.5. The topological polar surface area (TPSA) is 87.2 Å². The number of carbonyl (C=O) groups is 3. The summed E-state index contributed by atoms with van der Waals surface area (Å²) in [4.78, 5) is 37.6. The number of ether oxygens (including phenoxy) is 1. The van der Waals surface area contributed by atoms with Gasteiger partial charge in [0.15, 0.2) is 0 Å². The Kier molecular flexibility index (Phi) is 9.16. The van der Waals surface area contributed by atoms with Gasteiger partial charge in [-0.1, -0.05) is 13.8 Å². The summed E-state index contributed by atoms with van der Waals surface area (Å²) in [5.74, 6) is -1.56. The smallest absolute Gasteiger partial charge is 0.325 e. The number of hydrogen-bond acceptors (Lipinski definition) is 4. The van der Waals surface area contributed by atoms with E-state index in [-0.39, 0.29) is 25.7 Å². The third-order valence-electron chi connectivity index (χ3n) is 3.06. The molecule has 1 atom stereocenters. The maximum absolute atomic E-state index is 12.5. The highest BCUT2D eigenvalue weighted by Gasteiger charge is 2.27. The minimum Gasteiger partial charge on any atom is -0.480 e. The number of hydrogen-bond donors (Lipinski definition) is 1. The molecule has 0 heterocycles. The Labute approximate surface area is 125 Å². The van der Waals surface area contributed by atoms with Gasteiger partial charge in [0, 0.05) is 12.6 Å². The first kappa shape index (κ1) is 19.2. The van der Waals surface area contributed by atoms with Gasteiger partial charge in [0.1, 0.15) is 13.1 Å². The molecule has 0 rings (SSSR count). The van der Waals surface area contributed by atoms with Crippen molar-refractivity contribution in [3.63, 3.8) is 0 Å². The van der Waals surface area contributed by atoms with Gasteiger partial charge < -0.3 is 19.6 Å².